The van der Waals surface area contributed by atoms with Gasteiger partial charge in [0.15, 0.2) is 0 Å². The lowest BCUT2D eigenvalue weighted by Gasteiger charge is -2.19. The van der Waals surface area contributed by atoms with Crippen LogP contribution >= 0.6 is 0 Å². The maximum Gasteiger partial charge on any atom is 0.373 e. The third-order valence-electron chi connectivity index (χ3n) is 2.41. The lowest BCUT2D eigenvalue weighted by atomic mass is 10.0. The summed E-state index contributed by atoms with van der Waals surface area (Å²) < 4.78 is 10.1. The second-order valence-electron chi connectivity index (χ2n) is 3.97. The summed E-state index contributed by atoms with van der Waals surface area (Å²) in [5.74, 6) is 0.986. The van der Waals surface area contributed by atoms with E-state index in [4.69, 9.17) is 4.42 Å². The molecule has 90 valence electrons. The SMILES string of the molecule is CCNC(c1ccc(C(=O)OC)o1)C(C)C. The molecule has 1 aromatic rings. The van der Waals surface area contributed by atoms with Crippen LogP contribution in [0.25, 0.3) is 0 Å². The van der Waals surface area contributed by atoms with Crippen molar-refractivity contribution in [3.05, 3.63) is 23.7 Å². The van der Waals surface area contributed by atoms with E-state index in [0.29, 0.717) is 5.92 Å². The maximum absolute atomic E-state index is 11.2. The molecule has 1 rings (SSSR count). The smallest absolute Gasteiger partial charge is 0.373 e. The molecule has 4 heteroatoms. The molecule has 0 bridgehead atoms. The number of ether oxygens (including phenoxy) is 1. The second kappa shape index (κ2) is 5.70. The van der Waals surface area contributed by atoms with E-state index >= 15 is 0 Å². The molecule has 1 heterocycles. The predicted octanol–water partition coefficient (Wildman–Crippen LogP) is 2.37. The minimum atomic E-state index is -0.440. The Balaban J connectivity index is 2.85. The van der Waals surface area contributed by atoms with Crippen LogP contribution < -0.4 is 5.32 Å². The lowest BCUT2D eigenvalue weighted by molar-refractivity contribution is 0.0561. The first-order chi connectivity index (χ1) is 7.60. The Bertz CT molecular complexity index is 344. The fraction of sp³-hybridized carbons (Fsp3) is 0.583. The molecule has 0 spiro atoms. The Labute approximate surface area is 96.0 Å². The van der Waals surface area contributed by atoms with Gasteiger partial charge >= 0.3 is 5.97 Å². The molecule has 1 unspecified atom stereocenters. The van der Waals surface area contributed by atoms with E-state index in [1.165, 1.54) is 7.11 Å². The van der Waals surface area contributed by atoms with Crippen LogP contribution in [0.4, 0.5) is 0 Å². The Morgan fingerprint density at radius 3 is 2.69 bits per heavy atom. The summed E-state index contributed by atoms with van der Waals surface area (Å²) in [5, 5.41) is 3.32. The van der Waals surface area contributed by atoms with E-state index in [0.717, 1.165) is 12.3 Å². The lowest BCUT2D eigenvalue weighted by Crippen LogP contribution is -2.24. The number of carbonyl (C=O) groups excluding carboxylic acids is 1. The molecule has 4 nitrogen and oxygen atoms in total. The topological polar surface area (TPSA) is 51.5 Å². The van der Waals surface area contributed by atoms with Gasteiger partial charge in [-0.05, 0) is 24.6 Å². The van der Waals surface area contributed by atoms with Gasteiger partial charge in [0.2, 0.25) is 5.76 Å². The Kier molecular flexibility index (Phi) is 4.55. The molecule has 0 saturated carbocycles. The standard InChI is InChI=1S/C12H19NO3/c1-5-13-11(8(2)3)9-6-7-10(16-9)12(14)15-4/h6-8,11,13H,5H2,1-4H3. The summed E-state index contributed by atoms with van der Waals surface area (Å²) in [6, 6.07) is 3.59. The number of methoxy groups -OCH3 is 1. The number of carbonyl (C=O) groups is 1. The zero-order chi connectivity index (χ0) is 12.1. The number of hydrogen-bond acceptors (Lipinski definition) is 4. The Morgan fingerprint density at radius 1 is 1.50 bits per heavy atom. The van der Waals surface area contributed by atoms with E-state index in [-0.39, 0.29) is 11.8 Å². The van der Waals surface area contributed by atoms with Crippen LogP contribution in [0, 0.1) is 5.92 Å². The van der Waals surface area contributed by atoms with Gasteiger partial charge in [-0.1, -0.05) is 20.8 Å². The molecule has 1 aromatic heterocycles. The van der Waals surface area contributed by atoms with E-state index in [2.05, 4.69) is 23.9 Å². The molecule has 1 N–H and O–H groups in total. The van der Waals surface area contributed by atoms with E-state index < -0.39 is 5.97 Å². The summed E-state index contributed by atoms with van der Waals surface area (Å²) in [5.41, 5.74) is 0. The summed E-state index contributed by atoms with van der Waals surface area (Å²) in [7, 11) is 1.34. The molecule has 0 amide bonds. The van der Waals surface area contributed by atoms with E-state index in [1.807, 2.05) is 13.0 Å². The van der Waals surface area contributed by atoms with Gasteiger partial charge < -0.3 is 14.5 Å². The monoisotopic (exact) mass is 225 g/mol. The molecule has 0 aliphatic carbocycles. The fourth-order valence-electron chi connectivity index (χ4n) is 1.62. The molecule has 0 fully saturated rings. The Morgan fingerprint density at radius 2 is 2.19 bits per heavy atom. The zero-order valence-corrected chi connectivity index (χ0v) is 10.2. The quantitative estimate of drug-likeness (QED) is 0.782. The number of hydrogen-bond donors (Lipinski definition) is 1. The average molecular weight is 225 g/mol. The first kappa shape index (κ1) is 12.8. The van der Waals surface area contributed by atoms with Gasteiger partial charge in [0.1, 0.15) is 5.76 Å². The normalized spacial score (nSPS) is 12.8. The van der Waals surface area contributed by atoms with Gasteiger partial charge in [0.05, 0.1) is 13.2 Å². The molecule has 0 aliphatic heterocycles. The molecular formula is C12H19NO3. The van der Waals surface area contributed by atoms with Crippen molar-refractivity contribution in [3.8, 4) is 0 Å². The molecule has 0 aliphatic rings. The molecule has 1 atom stereocenters. The van der Waals surface area contributed by atoms with Crippen LogP contribution in [0.5, 0.6) is 0 Å². The molecular weight excluding hydrogens is 206 g/mol. The van der Waals surface area contributed by atoms with E-state index in [1.54, 1.807) is 6.07 Å². The van der Waals surface area contributed by atoms with Crippen molar-refractivity contribution in [3.63, 3.8) is 0 Å². The highest BCUT2D eigenvalue weighted by atomic mass is 16.5. The van der Waals surface area contributed by atoms with Gasteiger partial charge in [-0.15, -0.1) is 0 Å². The molecule has 0 aromatic carbocycles. The highest BCUT2D eigenvalue weighted by molar-refractivity contribution is 5.86. The first-order valence-electron chi connectivity index (χ1n) is 5.51. The summed E-state index contributed by atoms with van der Waals surface area (Å²) in [6.07, 6.45) is 0. The maximum atomic E-state index is 11.2. The zero-order valence-electron chi connectivity index (χ0n) is 10.2. The first-order valence-corrected chi connectivity index (χ1v) is 5.51. The number of rotatable bonds is 5. The third kappa shape index (κ3) is 2.85. The predicted molar refractivity (Wildman–Crippen MR) is 61.3 cm³/mol. The molecule has 0 saturated heterocycles. The van der Waals surface area contributed by atoms with Crippen molar-refractivity contribution in [2.75, 3.05) is 13.7 Å². The number of esters is 1. The highest BCUT2D eigenvalue weighted by Gasteiger charge is 2.20. The summed E-state index contributed by atoms with van der Waals surface area (Å²) in [4.78, 5) is 11.2. The van der Waals surface area contributed by atoms with Crippen molar-refractivity contribution < 1.29 is 13.9 Å². The fourth-order valence-corrected chi connectivity index (χ4v) is 1.62. The summed E-state index contributed by atoms with van der Waals surface area (Å²) >= 11 is 0. The molecule has 16 heavy (non-hydrogen) atoms. The average Bonchev–Trinajstić information content (AvgIpc) is 2.73. The van der Waals surface area contributed by atoms with Crippen LogP contribution in [-0.2, 0) is 4.74 Å². The number of nitrogens with one attached hydrogen (secondary N) is 1. The van der Waals surface area contributed by atoms with Crippen molar-refractivity contribution in [2.45, 2.75) is 26.8 Å². The van der Waals surface area contributed by atoms with Gasteiger partial charge in [0.25, 0.3) is 0 Å². The summed E-state index contributed by atoms with van der Waals surface area (Å²) in [6.45, 7) is 7.11. The minimum absolute atomic E-state index is 0.128. The van der Waals surface area contributed by atoms with Gasteiger partial charge in [-0.2, -0.15) is 0 Å². The van der Waals surface area contributed by atoms with Gasteiger partial charge in [0, 0.05) is 0 Å². The van der Waals surface area contributed by atoms with Crippen LogP contribution in [0.1, 0.15) is 43.1 Å². The highest BCUT2D eigenvalue weighted by Crippen LogP contribution is 2.23. The van der Waals surface area contributed by atoms with Gasteiger partial charge in [-0.25, -0.2) is 4.79 Å². The van der Waals surface area contributed by atoms with Crippen molar-refractivity contribution in [1.29, 1.82) is 0 Å². The van der Waals surface area contributed by atoms with Crippen LogP contribution in [0.2, 0.25) is 0 Å². The third-order valence-corrected chi connectivity index (χ3v) is 2.41. The van der Waals surface area contributed by atoms with Crippen molar-refractivity contribution in [1.82, 2.24) is 5.32 Å². The van der Waals surface area contributed by atoms with E-state index in [9.17, 15) is 4.79 Å². The van der Waals surface area contributed by atoms with Crippen LogP contribution in [0.15, 0.2) is 16.5 Å². The minimum Gasteiger partial charge on any atom is -0.463 e. The second-order valence-corrected chi connectivity index (χ2v) is 3.97. The van der Waals surface area contributed by atoms with Crippen LogP contribution in [-0.4, -0.2) is 19.6 Å². The van der Waals surface area contributed by atoms with Crippen LogP contribution in [0.3, 0.4) is 0 Å². The van der Waals surface area contributed by atoms with Crippen molar-refractivity contribution >= 4 is 5.97 Å². The molecule has 0 radical (unpaired) electrons. The largest absolute Gasteiger partial charge is 0.463 e. The Hall–Kier alpha value is -1.29. The van der Waals surface area contributed by atoms with Gasteiger partial charge in [-0.3, -0.25) is 0 Å². The number of furan rings is 1. The van der Waals surface area contributed by atoms with Crippen molar-refractivity contribution in [2.24, 2.45) is 5.92 Å².